The molecule has 0 aromatic carbocycles. The lowest BCUT2D eigenvalue weighted by Crippen LogP contribution is -2.43. The second-order valence-electron chi connectivity index (χ2n) is 5.64. The molecule has 1 atom stereocenters. The molecule has 1 aliphatic heterocycles. The van der Waals surface area contributed by atoms with Crippen LogP contribution in [0.2, 0.25) is 0 Å². The summed E-state index contributed by atoms with van der Waals surface area (Å²) in [5, 5.41) is 25.3. The quantitative estimate of drug-likeness (QED) is 0.883. The highest BCUT2D eigenvalue weighted by molar-refractivity contribution is 5.89. The lowest BCUT2D eigenvalue weighted by atomic mass is 9.99. The van der Waals surface area contributed by atoms with E-state index in [1.807, 2.05) is 19.9 Å². The minimum absolute atomic E-state index is 0.0925. The van der Waals surface area contributed by atoms with Crippen LogP contribution in [0.15, 0.2) is 6.20 Å². The Morgan fingerprint density at radius 3 is 3.05 bits per heavy atom. The van der Waals surface area contributed by atoms with Gasteiger partial charge in [0.1, 0.15) is 11.6 Å². The largest absolute Gasteiger partial charge is 0.396 e. The first kappa shape index (κ1) is 15.3. The van der Waals surface area contributed by atoms with Crippen molar-refractivity contribution in [2.45, 2.75) is 32.7 Å². The minimum Gasteiger partial charge on any atom is -0.396 e. The van der Waals surface area contributed by atoms with Crippen molar-refractivity contribution in [1.82, 2.24) is 14.7 Å². The molecule has 7 nitrogen and oxygen atoms in total. The zero-order chi connectivity index (χ0) is 15.4. The number of nitrogens with one attached hydrogen (secondary N) is 1. The summed E-state index contributed by atoms with van der Waals surface area (Å²) >= 11 is 0. The van der Waals surface area contributed by atoms with Gasteiger partial charge in [0.25, 0.3) is 0 Å². The summed E-state index contributed by atoms with van der Waals surface area (Å²) in [6, 6.07) is 1.90. The van der Waals surface area contributed by atoms with Gasteiger partial charge in [0.15, 0.2) is 5.82 Å². The molecule has 1 unspecified atom stereocenters. The third kappa shape index (κ3) is 3.52. The summed E-state index contributed by atoms with van der Waals surface area (Å²) in [6.45, 7) is 5.20. The van der Waals surface area contributed by atoms with E-state index in [4.69, 9.17) is 5.26 Å². The average Bonchev–Trinajstić information content (AvgIpc) is 2.90. The van der Waals surface area contributed by atoms with Crippen molar-refractivity contribution in [3.63, 3.8) is 0 Å². The Labute approximate surface area is 124 Å². The number of aliphatic hydroxyl groups excluding tert-OH is 1. The molecule has 0 saturated carbocycles. The number of hydrogen-bond donors (Lipinski definition) is 2. The van der Waals surface area contributed by atoms with Crippen LogP contribution in [0, 0.1) is 17.2 Å². The van der Waals surface area contributed by atoms with Gasteiger partial charge < -0.3 is 10.0 Å². The van der Waals surface area contributed by atoms with E-state index in [2.05, 4.69) is 10.4 Å². The smallest absolute Gasteiger partial charge is 0.323 e. The van der Waals surface area contributed by atoms with E-state index in [1.165, 1.54) is 0 Å². The molecule has 1 aliphatic rings. The van der Waals surface area contributed by atoms with Gasteiger partial charge in [-0.2, -0.15) is 10.4 Å². The van der Waals surface area contributed by atoms with E-state index in [0.29, 0.717) is 24.5 Å². The summed E-state index contributed by atoms with van der Waals surface area (Å²) in [4.78, 5) is 13.9. The van der Waals surface area contributed by atoms with Crippen molar-refractivity contribution in [3.05, 3.63) is 11.8 Å². The van der Waals surface area contributed by atoms with Crippen LogP contribution in [0.1, 0.15) is 38.3 Å². The van der Waals surface area contributed by atoms with Crippen LogP contribution in [0.4, 0.5) is 10.6 Å². The number of carbonyl (C=O) groups is 1. The molecule has 21 heavy (non-hydrogen) atoms. The van der Waals surface area contributed by atoms with Crippen molar-refractivity contribution >= 4 is 11.8 Å². The molecule has 2 N–H and O–H groups in total. The van der Waals surface area contributed by atoms with Gasteiger partial charge in [-0.15, -0.1) is 0 Å². The Hall–Kier alpha value is -2.07. The number of carbonyl (C=O) groups excluding carboxylic acids is 1. The van der Waals surface area contributed by atoms with E-state index in [0.717, 1.165) is 12.8 Å². The molecule has 2 heterocycles. The van der Waals surface area contributed by atoms with Crippen LogP contribution in [0.3, 0.4) is 0 Å². The number of urea groups is 1. The lowest BCUT2D eigenvalue weighted by molar-refractivity contribution is 0.136. The Morgan fingerprint density at radius 2 is 2.43 bits per heavy atom. The van der Waals surface area contributed by atoms with Crippen molar-refractivity contribution in [1.29, 1.82) is 5.26 Å². The Balaban J connectivity index is 2.07. The normalized spacial score (nSPS) is 18.6. The van der Waals surface area contributed by atoms with Gasteiger partial charge in [0.2, 0.25) is 0 Å². The van der Waals surface area contributed by atoms with Crippen LogP contribution >= 0.6 is 0 Å². The highest BCUT2D eigenvalue weighted by Gasteiger charge is 2.24. The van der Waals surface area contributed by atoms with E-state index in [-0.39, 0.29) is 24.6 Å². The number of rotatable bonds is 3. The molecule has 0 bridgehead atoms. The molecule has 2 amide bonds. The van der Waals surface area contributed by atoms with Crippen LogP contribution in [0.25, 0.3) is 0 Å². The molecule has 2 rings (SSSR count). The van der Waals surface area contributed by atoms with Crippen LogP contribution in [-0.2, 0) is 0 Å². The molecule has 1 aromatic rings. The fourth-order valence-electron chi connectivity index (χ4n) is 2.41. The second kappa shape index (κ2) is 6.59. The lowest BCUT2D eigenvalue weighted by Gasteiger charge is -2.31. The van der Waals surface area contributed by atoms with Crippen molar-refractivity contribution in [3.8, 4) is 6.07 Å². The zero-order valence-electron chi connectivity index (χ0n) is 12.4. The Bertz CT molecular complexity index is 546. The number of aliphatic hydroxyl groups is 1. The summed E-state index contributed by atoms with van der Waals surface area (Å²) in [6.07, 6.45) is 3.45. The van der Waals surface area contributed by atoms with Gasteiger partial charge in [-0.3, -0.25) is 10.00 Å². The molecule has 0 spiro atoms. The van der Waals surface area contributed by atoms with Crippen molar-refractivity contribution in [2.75, 3.05) is 25.0 Å². The zero-order valence-corrected chi connectivity index (χ0v) is 12.4. The highest BCUT2D eigenvalue weighted by Crippen LogP contribution is 2.19. The number of nitriles is 1. The maximum Gasteiger partial charge on any atom is 0.323 e. The third-order valence-corrected chi connectivity index (χ3v) is 3.67. The first-order valence-electron chi connectivity index (χ1n) is 7.21. The summed E-state index contributed by atoms with van der Waals surface area (Å²) in [5.74, 6) is 0.426. The van der Waals surface area contributed by atoms with E-state index < -0.39 is 0 Å². The molecule has 1 aromatic heterocycles. The number of amides is 2. The van der Waals surface area contributed by atoms with Crippen molar-refractivity contribution < 1.29 is 9.90 Å². The van der Waals surface area contributed by atoms with E-state index >= 15 is 0 Å². The second-order valence-corrected chi connectivity index (χ2v) is 5.64. The molecule has 0 aliphatic carbocycles. The van der Waals surface area contributed by atoms with E-state index in [9.17, 15) is 9.90 Å². The molecule has 1 fully saturated rings. The summed E-state index contributed by atoms with van der Waals surface area (Å²) < 4.78 is 1.65. The fourth-order valence-corrected chi connectivity index (χ4v) is 2.41. The van der Waals surface area contributed by atoms with Crippen molar-refractivity contribution in [2.24, 2.45) is 5.92 Å². The molecule has 1 saturated heterocycles. The Kier molecular flexibility index (Phi) is 4.81. The molecule has 114 valence electrons. The van der Waals surface area contributed by atoms with Gasteiger partial charge in [0.05, 0.1) is 0 Å². The fraction of sp³-hybridized carbons (Fsp3) is 0.643. The van der Waals surface area contributed by atoms with Gasteiger partial charge in [-0.05, 0) is 32.6 Å². The molecular weight excluding hydrogens is 270 g/mol. The molecule has 0 radical (unpaired) electrons. The number of anilines is 1. The summed E-state index contributed by atoms with van der Waals surface area (Å²) in [7, 11) is 0. The predicted octanol–water partition coefficient (Wildman–Crippen LogP) is 1.57. The molecule has 7 heteroatoms. The van der Waals surface area contributed by atoms with Gasteiger partial charge >= 0.3 is 6.03 Å². The number of likely N-dealkylation sites (tertiary alicyclic amines) is 1. The molecular formula is C14H21N5O2. The third-order valence-electron chi connectivity index (χ3n) is 3.67. The maximum atomic E-state index is 12.3. The number of aromatic nitrogens is 2. The van der Waals surface area contributed by atoms with Gasteiger partial charge in [0, 0.05) is 31.9 Å². The first-order chi connectivity index (χ1) is 10.0. The maximum absolute atomic E-state index is 12.3. The SMILES string of the molecule is CC(C)n1cc(C#N)c(NC(=O)N2CCCC(CO)C2)n1. The van der Waals surface area contributed by atoms with Crippen LogP contribution in [0.5, 0.6) is 0 Å². The number of piperidine rings is 1. The summed E-state index contributed by atoms with van der Waals surface area (Å²) in [5.41, 5.74) is 0.354. The topological polar surface area (TPSA) is 94.2 Å². The Morgan fingerprint density at radius 1 is 1.67 bits per heavy atom. The number of nitrogens with zero attached hydrogens (tertiary/aromatic N) is 4. The van der Waals surface area contributed by atoms with Gasteiger partial charge in [-0.25, -0.2) is 4.79 Å². The van der Waals surface area contributed by atoms with E-state index in [1.54, 1.807) is 15.8 Å². The average molecular weight is 291 g/mol. The van der Waals surface area contributed by atoms with Crippen LogP contribution < -0.4 is 5.32 Å². The number of hydrogen-bond acceptors (Lipinski definition) is 4. The minimum atomic E-state index is -0.265. The van der Waals surface area contributed by atoms with Crippen LogP contribution in [-0.4, -0.2) is 45.5 Å². The highest BCUT2D eigenvalue weighted by atomic mass is 16.3. The first-order valence-corrected chi connectivity index (χ1v) is 7.21. The van der Waals surface area contributed by atoms with Gasteiger partial charge in [-0.1, -0.05) is 0 Å². The predicted molar refractivity (Wildman–Crippen MR) is 77.7 cm³/mol. The standard InChI is InChI=1S/C14H21N5O2/c1-10(2)19-8-12(6-15)13(17-19)16-14(21)18-5-3-4-11(7-18)9-20/h8,10-11,20H,3-5,7,9H2,1-2H3,(H,16,17,21). The monoisotopic (exact) mass is 291 g/mol.